The number of likely N-dealkylation sites (tertiary alicyclic amines) is 1. The molecule has 7 heteroatoms. The summed E-state index contributed by atoms with van der Waals surface area (Å²) in [6.45, 7) is 12.3. The van der Waals surface area contributed by atoms with Gasteiger partial charge in [-0.2, -0.15) is 4.31 Å². The molecule has 0 unspecified atom stereocenters. The third kappa shape index (κ3) is 5.19. The first-order valence-electron chi connectivity index (χ1n) is 10.7. The Morgan fingerprint density at radius 2 is 1.59 bits per heavy atom. The summed E-state index contributed by atoms with van der Waals surface area (Å²) < 4.78 is 28.2. The minimum absolute atomic E-state index is 0.106. The van der Waals surface area contributed by atoms with Gasteiger partial charge in [0.15, 0.2) is 0 Å². The Labute approximate surface area is 175 Å². The number of carbonyl (C=O) groups is 1. The number of sulfonamides is 1. The van der Waals surface area contributed by atoms with Crippen molar-refractivity contribution in [1.82, 2.24) is 14.1 Å². The average Bonchev–Trinajstić information content (AvgIpc) is 2.68. The van der Waals surface area contributed by atoms with Crippen molar-refractivity contribution >= 4 is 15.9 Å². The van der Waals surface area contributed by atoms with E-state index in [2.05, 4.69) is 25.7 Å². The standard InChI is InChI=1S/C22H35N3O3S/c1-18-8-9-19(22(2,3)4)16-20(18)29(27,28)25-14-12-23(13-15-25)17-21(26)24-10-6-5-7-11-24/h8-9,16H,5-7,10-15,17H2,1-4H3. The van der Waals surface area contributed by atoms with E-state index >= 15 is 0 Å². The van der Waals surface area contributed by atoms with Crippen LogP contribution >= 0.6 is 0 Å². The fraction of sp³-hybridized carbons (Fsp3) is 0.682. The minimum Gasteiger partial charge on any atom is -0.342 e. The fourth-order valence-corrected chi connectivity index (χ4v) is 5.72. The first-order valence-corrected chi connectivity index (χ1v) is 12.1. The van der Waals surface area contributed by atoms with Gasteiger partial charge in [0.25, 0.3) is 0 Å². The van der Waals surface area contributed by atoms with Crippen molar-refractivity contribution in [3.8, 4) is 0 Å². The molecule has 2 aliphatic rings. The van der Waals surface area contributed by atoms with E-state index in [9.17, 15) is 13.2 Å². The monoisotopic (exact) mass is 421 g/mol. The highest BCUT2D eigenvalue weighted by Crippen LogP contribution is 2.28. The molecule has 2 heterocycles. The van der Waals surface area contributed by atoms with Crippen molar-refractivity contribution in [1.29, 1.82) is 0 Å². The normalized spacial score (nSPS) is 20.1. The van der Waals surface area contributed by atoms with E-state index < -0.39 is 10.0 Å². The zero-order valence-electron chi connectivity index (χ0n) is 18.3. The van der Waals surface area contributed by atoms with Crippen LogP contribution < -0.4 is 0 Å². The van der Waals surface area contributed by atoms with Crippen LogP contribution in [0.1, 0.15) is 51.2 Å². The molecule has 0 atom stereocenters. The molecular formula is C22H35N3O3S. The molecule has 0 N–H and O–H groups in total. The number of aryl methyl sites for hydroxylation is 1. The summed E-state index contributed by atoms with van der Waals surface area (Å²) in [4.78, 5) is 16.9. The Morgan fingerprint density at radius 1 is 0.966 bits per heavy atom. The topological polar surface area (TPSA) is 60.9 Å². The Kier molecular flexibility index (Phi) is 6.70. The number of carbonyl (C=O) groups excluding carboxylic acids is 1. The van der Waals surface area contributed by atoms with Crippen molar-refractivity contribution in [3.63, 3.8) is 0 Å². The van der Waals surface area contributed by atoms with Gasteiger partial charge >= 0.3 is 0 Å². The number of piperidine rings is 1. The molecule has 1 aromatic carbocycles. The largest absolute Gasteiger partial charge is 0.342 e. The molecule has 2 aliphatic heterocycles. The number of piperazine rings is 1. The van der Waals surface area contributed by atoms with Crippen molar-refractivity contribution in [2.24, 2.45) is 0 Å². The molecule has 3 rings (SSSR count). The number of hydrogen-bond acceptors (Lipinski definition) is 4. The molecule has 2 saturated heterocycles. The summed E-state index contributed by atoms with van der Waals surface area (Å²) in [5, 5.41) is 0. The maximum atomic E-state index is 13.3. The van der Waals surface area contributed by atoms with E-state index in [1.807, 2.05) is 30.0 Å². The SMILES string of the molecule is Cc1ccc(C(C)(C)C)cc1S(=O)(=O)N1CCN(CC(=O)N2CCCCC2)CC1. The predicted molar refractivity (Wildman–Crippen MR) is 116 cm³/mol. The Morgan fingerprint density at radius 3 is 2.17 bits per heavy atom. The van der Waals surface area contributed by atoms with E-state index in [1.165, 1.54) is 6.42 Å². The second-order valence-electron chi connectivity index (χ2n) is 9.35. The molecular weight excluding hydrogens is 386 g/mol. The zero-order valence-corrected chi connectivity index (χ0v) is 19.1. The van der Waals surface area contributed by atoms with Gasteiger partial charge in [-0.05, 0) is 48.8 Å². The molecule has 0 saturated carbocycles. The Hall–Kier alpha value is -1.44. The number of nitrogens with zero attached hydrogens (tertiary/aromatic N) is 3. The molecule has 0 aliphatic carbocycles. The predicted octanol–water partition coefficient (Wildman–Crippen LogP) is 2.61. The summed E-state index contributed by atoms with van der Waals surface area (Å²) in [5.74, 6) is 0.176. The van der Waals surface area contributed by atoms with E-state index in [0.29, 0.717) is 37.6 Å². The van der Waals surface area contributed by atoms with Crippen molar-refractivity contribution in [2.75, 3.05) is 45.8 Å². The van der Waals surface area contributed by atoms with Crippen LogP contribution in [0.4, 0.5) is 0 Å². The second-order valence-corrected chi connectivity index (χ2v) is 11.3. The molecule has 0 spiro atoms. The van der Waals surface area contributed by atoms with Gasteiger partial charge < -0.3 is 4.90 Å². The highest BCUT2D eigenvalue weighted by atomic mass is 32.2. The smallest absolute Gasteiger partial charge is 0.243 e. The van der Waals surface area contributed by atoms with Gasteiger partial charge in [0.1, 0.15) is 0 Å². The second kappa shape index (κ2) is 8.74. The molecule has 1 amide bonds. The zero-order chi connectivity index (χ0) is 21.2. The highest BCUT2D eigenvalue weighted by molar-refractivity contribution is 7.89. The number of amides is 1. The number of benzene rings is 1. The molecule has 0 radical (unpaired) electrons. The molecule has 162 valence electrons. The van der Waals surface area contributed by atoms with Crippen molar-refractivity contribution < 1.29 is 13.2 Å². The van der Waals surface area contributed by atoms with E-state index in [4.69, 9.17) is 0 Å². The number of hydrogen-bond donors (Lipinski definition) is 0. The van der Waals surface area contributed by atoms with Gasteiger partial charge in [-0.25, -0.2) is 8.42 Å². The lowest BCUT2D eigenvalue weighted by Gasteiger charge is -2.35. The average molecular weight is 422 g/mol. The molecule has 29 heavy (non-hydrogen) atoms. The summed E-state index contributed by atoms with van der Waals surface area (Å²) in [5.41, 5.74) is 1.69. The molecule has 6 nitrogen and oxygen atoms in total. The summed E-state index contributed by atoms with van der Waals surface area (Å²) in [6, 6.07) is 5.75. The summed E-state index contributed by atoms with van der Waals surface area (Å²) in [6.07, 6.45) is 3.38. The van der Waals surface area contributed by atoms with Gasteiger partial charge in [-0.3, -0.25) is 9.69 Å². The molecule has 0 bridgehead atoms. The Balaban J connectivity index is 1.65. The highest BCUT2D eigenvalue weighted by Gasteiger charge is 2.31. The van der Waals surface area contributed by atoms with Gasteiger partial charge in [-0.1, -0.05) is 32.9 Å². The van der Waals surface area contributed by atoms with Gasteiger partial charge in [-0.15, -0.1) is 0 Å². The molecule has 1 aromatic rings. The van der Waals surface area contributed by atoms with E-state index in [1.54, 1.807) is 4.31 Å². The molecule has 2 fully saturated rings. The van der Waals surface area contributed by atoms with Gasteiger partial charge in [0.2, 0.25) is 15.9 Å². The van der Waals surface area contributed by atoms with Crippen molar-refractivity contribution in [3.05, 3.63) is 29.3 Å². The molecule has 0 aromatic heterocycles. The van der Waals surface area contributed by atoms with E-state index in [0.717, 1.165) is 37.1 Å². The van der Waals surface area contributed by atoms with Crippen LogP contribution in [0.2, 0.25) is 0 Å². The quantitative estimate of drug-likeness (QED) is 0.750. The summed E-state index contributed by atoms with van der Waals surface area (Å²) in [7, 11) is -3.54. The van der Waals surface area contributed by atoms with E-state index in [-0.39, 0.29) is 11.3 Å². The lowest BCUT2D eigenvalue weighted by Crippen LogP contribution is -2.52. The minimum atomic E-state index is -3.54. The number of rotatable bonds is 4. The van der Waals surface area contributed by atoms with Crippen LogP contribution in [-0.2, 0) is 20.2 Å². The maximum Gasteiger partial charge on any atom is 0.243 e. The first kappa shape index (κ1) is 22.2. The lowest BCUT2D eigenvalue weighted by molar-refractivity contribution is -0.133. The lowest BCUT2D eigenvalue weighted by atomic mass is 9.87. The van der Waals surface area contributed by atoms with Crippen LogP contribution in [0.15, 0.2) is 23.1 Å². The van der Waals surface area contributed by atoms with Crippen molar-refractivity contribution in [2.45, 2.75) is 57.3 Å². The van der Waals surface area contributed by atoms with Gasteiger partial charge in [0, 0.05) is 39.3 Å². The first-order chi connectivity index (χ1) is 13.6. The van der Waals surface area contributed by atoms with Crippen LogP contribution in [0, 0.1) is 6.92 Å². The van der Waals surface area contributed by atoms with Crippen LogP contribution in [-0.4, -0.2) is 74.2 Å². The van der Waals surface area contributed by atoms with Gasteiger partial charge in [0.05, 0.1) is 11.4 Å². The van der Waals surface area contributed by atoms with Crippen LogP contribution in [0.25, 0.3) is 0 Å². The Bertz CT molecular complexity index is 831. The fourth-order valence-electron chi connectivity index (χ4n) is 4.05. The third-order valence-electron chi connectivity index (χ3n) is 6.07. The van der Waals surface area contributed by atoms with Crippen LogP contribution in [0.5, 0.6) is 0 Å². The summed E-state index contributed by atoms with van der Waals surface area (Å²) >= 11 is 0. The third-order valence-corrected chi connectivity index (χ3v) is 8.11. The van der Waals surface area contributed by atoms with Crippen LogP contribution in [0.3, 0.4) is 0 Å². The maximum absolute atomic E-state index is 13.3.